The first-order valence-corrected chi connectivity index (χ1v) is 4.26. The molecule has 5 heteroatoms. The minimum absolute atomic E-state index is 0.0498. The average molecular weight is 196 g/mol. The quantitative estimate of drug-likeness (QED) is 0.715. The molecule has 0 saturated carbocycles. The maximum absolute atomic E-state index is 10.0. The number of carbonyl (C=O) groups excluding carboxylic acids is 1. The second kappa shape index (κ2) is 4.15. The molecule has 0 spiro atoms. The molecule has 0 aliphatic heterocycles. The third-order valence-corrected chi connectivity index (χ3v) is 2.03. The van der Waals surface area contributed by atoms with Gasteiger partial charge < -0.3 is 9.84 Å². The molecule has 14 heavy (non-hydrogen) atoms. The minimum Gasteiger partial charge on any atom is -0.393 e. The van der Waals surface area contributed by atoms with Gasteiger partial charge in [-0.3, -0.25) is 4.79 Å². The predicted octanol–water partition coefficient (Wildman–Crippen LogP) is 0.629. The van der Waals surface area contributed by atoms with Gasteiger partial charge in [-0.25, -0.2) is 4.98 Å². The monoisotopic (exact) mass is 196 g/mol. The molecule has 0 saturated heterocycles. The van der Waals surface area contributed by atoms with E-state index in [-0.39, 0.29) is 12.5 Å². The largest absolute Gasteiger partial charge is 0.393 e. The molecule has 1 unspecified atom stereocenters. The van der Waals surface area contributed by atoms with E-state index in [1.807, 2.05) is 6.92 Å². The van der Waals surface area contributed by atoms with E-state index < -0.39 is 5.60 Å². The second-order valence-corrected chi connectivity index (χ2v) is 3.07. The number of nitrogens with zero attached hydrogens (tertiary/aromatic N) is 2. The fourth-order valence-corrected chi connectivity index (χ4v) is 0.922. The average Bonchev–Trinajstić information content (AvgIpc) is 2.19. The van der Waals surface area contributed by atoms with Crippen molar-refractivity contribution in [3.63, 3.8) is 0 Å². The van der Waals surface area contributed by atoms with Crippen LogP contribution >= 0.6 is 0 Å². The summed E-state index contributed by atoms with van der Waals surface area (Å²) in [5, 5.41) is 9.85. The number of carbonyl (C=O) groups is 1. The van der Waals surface area contributed by atoms with Gasteiger partial charge in [0.05, 0.1) is 5.69 Å². The van der Waals surface area contributed by atoms with Crippen LogP contribution in [0.2, 0.25) is 0 Å². The lowest BCUT2D eigenvalue weighted by Crippen LogP contribution is -2.21. The van der Waals surface area contributed by atoms with Crippen LogP contribution in [0, 0.1) is 0 Å². The van der Waals surface area contributed by atoms with Gasteiger partial charge in [0.25, 0.3) is 0 Å². The Morgan fingerprint density at radius 3 is 3.00 bits per heavy atom. The van der Waals surface area contributed by atoms with Gasteiger partial charge in [-0.05, 0) is 19.4 Å². The van der Waals surface area contributed by atoms with Crippen molar-refractivity contribution in [3.05, 3.63) is 18.0 Å². The maximum atomic E-state index is 10.0. The highest BCUT2D eigenvalue weighted by Crippen LogP contribution is 2.22. The molecule has 1 atom stereocenters. The van der Waals surface area contributed by atoms with Gasteiger partial charge in [-0.2, -0.15) is 4.98 Å². The molecule has 1 aromatic heterocycles. The summed E-state index contributed by atoms with van der Waals surface area (Å²) in [5.41, 5.74) is -0.587. The highest BCUT2D eigenvalue weighted by atomic mass is 16.5. The van der Waals surface area contributed by atoms with Crippen LogP contribution in [0.15, 0.2) is 12.3 Å². The zero-order valence-corrected chi connectivity index (χ0v) is 8.10. The molecule has 0 aliphatic carbocycles. The molecule has 0 bridgehead atoms. The van der Waals surface area contributed by atoms with E-state index in [2.05, 4.69) is 14.7 Å². The molecular formula is C9H12N2O3. The maximum Gasteiger partial charge on any atom is 0.324 e. The molecule has 1 aromatic rings. The first-order chi connectivity index (χ1) is 6.60. The molecule has 0 aromatic carbocycles. The highest BCUT2D eigenvalue weighted by molar-refractivity contribution is 5.41. The zero-order valence-electron chi connectivity index (χ0n) is 8.10. The lowest BCUT2D eigenvalue weighted by Gasteiger charge is -2.20. The standard InChI is InChI=1S/C9H12N2O3/c1-3-9(2,13)7-4-5-10-8(11-7)14-6-12/h4-6,13H,3H2,1-2H3. The van der Waals surface area contributed by atoms with E-state index >= 15 is 0 Å². The fraction of sp³-hybridized carbons (Fsp3) is 0.444. The Morgan fingerprint density at radius 1 is 1.71 bits per heavy atom. The zero-order chi connectivity index (χ0) is 10.6. The molecular weight excluding hydrogens is 184 g/mol. The Kier molecular flexibility index (Phi) is 3.14. The summed E-state index contributed by atoms with van der Waals surface area (Å²) in [6.45, 7) is 3.72. The fourth-order valence-electron chi connectivity index (χ4n) is 0.922. The Labute approximate surface area is 81.8 Å². The van der Waals surface area contributed by atoms with Crippen molar-refractivity contribution in [1.29, 1.82) is 0 Å². The summed E-state index contributed by atoms with van der Waals surface area (Å²) >= 11 is 0. The van der Waals surface area contributed by atoms with Crippen LogP contribution in [0.4, 0.5) is 0 Å². The molecule has 76 valence electrons. The van der Waals surface area contributed by atoms with Crippen LogP contribution < -0.4 is 4.74 Å². The number of hydrogen-bond acceptors (Lipinski definition) is 5. The van der Waals surface area contributed by atoms with Crippen molar-refractivity contribution in [3.8, 4) is 6.01 Å². The number of aliphatic hydroxyl groups is 1. The van der Waals surface area contributed by atoms with Gasteiger partial charge in [0.15, 0.2) is 0 Å². The van der Waals surface area contributed by atoms with Gasteiger partial charge in [0, 0.05) is 6.20 Å². The first-order valence-electron chi connectivity index (χ1n) is 4.26. The van der Waals surface area contributed by atoms with Gasteiger partial charge in [0.1, 0.15) is 5.60 Å². The van der Waals surface area contributed by atoms with Crippen LogP contribution in [0.25, 0.3) is 0 Å². The Bertz CT molecular complexity index is 326. The van der Waals surface area contributed by atoms with Crippen LogP contribution in [-0.2, 0) is 10.4 Å². The molecule has 1 N–H and O–H groups in total. The minimum atomic E-state index is -1.02. The summed E-state index contributed by atoms with van der Waals surface area (Å²) in [6, 6.07) is 1.53. The Morgan fingerprint density at radius 2 is 2.43 bits per heavy atom. The van der Waals surface area contributed by atoms with Crippen LogP contribution in [0.5, 0.6) is 6.01 Å². The van der Waals surface area contributed by atoms with Crippen molar-refractivity contribution in [2.75, 3.05) is 0 Å². The number of hydrogen-bond donors (Lipinski definition) is 1. The lowest BCUT2D eigenvalue weighted by molar-refractivity contribution is -0.121. The predicted molar refractivity (Wildman–Crippen MR) is 48.6 cm³/mol. The van der Waals surface area contributed by atoms with Crippen molar-refractivity contribution >= 4 is 6.47 Å². The number of aromatic nitrogens is 2. The molecule has 1 rings (SSSR count). The van der Waals surface area contributed by atoms with Crippen LogP contribution in [0.3, 0.4) is 0 Å². The van der Waals surface area contributed by atoms with Crippen LogP contribution in [-0.4, -0.2) is 21.5 Å². The van der Waals surface area contributed by atoms with Gasteiger partial charge in [0.2, 0.25) is 0 Å². The van der Waals surface area contributed by atoms with Gasteiger partial charge in [-0.1, -0.05) is 6.92 Å². The van der Waals surface area contributed by atoms with E-state index in [9.17, 15) is 9.90 Å². The summed E-state index contributed by atoms with van der Waals surface area (Å²) in [4.78, 5) is 17.6. The summed E-state index contributed by atoms with van der Waals surface area (Å²) in [6.07, 6.45) is 1.95. The van der Waals surface area contributed by atoms with Gasteiger partial charge in [-0.15, -0.1) is 0 Å². The highest BCUT2D eigenvalue weighted by Gasteiger charge is 2.22. The smallest absolute Gasteiger partial charge is 0.324 e. The van der Waals surface area contributed by atoms with E-state index in [4.69, 9.17) is 0 Å². The third kappa shape index (κ3) is 2.26. The summed E-state index contributed by atoms with van der Waals surface area (Å²) in [7, 11) is 0. The van der Waals surface area contributed by atoms with Gasteiger partial charge >= 0.3 is 12.5 Å². The lowest BCUT2D eigenvalue weighted by atomic mass is 9.99. The second-order valence-electron chi connectivity index (χ2n) is 3.07. The molecule has 0 amide bonds. The van der Waals surface area contributed by atoms with E-state index in [0.717, 1.165) is 0 Å². The molecule has 0 aliphatic rings. The summed E-state index contributed by atoms with van der Waals surface area (Å²) in [5.74, 6) is 0. The number of ether oxygens (including phenoxy) is 1. The normalized spacial score (nSPS) is 14.5. The number of rotatable bonds is 4. The summed E-state index contributed by atoms with van der Waals surface area (Å²) < 4.78 is 4.47. The molecule has 1 heterocycles. The van der Waals surface area contributed by atoms with Crippen LogP contribution in [0.1, 0.15) is 26.0 Å². The SMILES string of the molecule is CCC(C)(O)c1ccnc(OC=O)n1. The molecule has 0 radical (unpaired) electrons. The molecule has 0 fully saturated rings. The van der Waals surface area contributed by atoms with Crippen molar-refractivity contribution in [1.82, 2.24) is 9.97 Å². The van der Waals surface area contributed by atoms with Crippen molar-refractivity contribution in [2.45, 2.75) is 25.9 Å². The van der Waals surface area contributed by atoms with Crippen molar-refractivity contribution < 1.29 is 14.6 Å². The van der Waals surface area contributed by atoms with E-state index in [1.165, 1.54) is 6.20 Å². The third-order valence-electron chi connectivity index (χ3n) is 2.03. The molecule has 5 nitrogen and oxygen atoms in total. The van der Waals surface area contributed by atoms with E-state index in [0.29, 0.717) is 12.1 Å². The van der Waals surface area contributed by atoms with Crippen molar-refractivity contribution in [2.24, 2.45) is 0 Å². The Balaban J connectivity index is 2.98. The topological polar surface area (TPSA) is 72.3 Å². The first kappa shape index (κ1) is 10.6. The van der Waals surface area contributed by atoms with E-state index in [1.54, 1.807) is 13.0 Å². The Hall–Kier alpha value is -1.49.